The third-order valence-electron chi connectivity index (χ3n) is 4.71. The van der Waals surface area contributed by atoms with Crippen LogP contribution < -0.4 is 10.6 Å². The zero-order valence-electron chi connectivity index (χ0n) is 13.7. The van der Waals surface area contributed by atoms with Crippen LogP contribution in [0, 0.1) is 11.3 Å². The molecule has 3 nitrogen and oxygen atoms in total. The Kier molecular flexibility index (Phi) is 5.04. The zero-order valence-corrected chi connectivity index (χ0v) is 13.7. The second-order valence-electron chi connectivity index (χ2n) is 7.15. The van der Waals surface area contributed by atoms with Crippen molar-refractivity contribution >= 4 is 5.91 Å². The van der Waals surface area contributed by atoms with E-state index in [0.717, 1.165) is 12.5 Å². The molecule has 3 heteroatoms. The van der Waals surface area contributed by atoms with Crippen molar-refractivity contribution in [1.82, 2.24) is 10.6 Å². The topological polar surface area (TPSA) is 41.1 Å². The minimum Gasteiger partial charge on any atom is -0.355 e. The number of carbonyl (C=O) groups excluding carboxylic acids is 1. The van der Waals surface area contributed by atoms with E-state index >= 15 is 0 Å². The fourth-order valence-electron chi connectivity index (χ4n) is 3.42. The molecule has 1 aromatic carbocycles. The van der Waals surface area contributed by atoms with E-state index in [1.807, 2.05) is 24.3 Å². The van der Waals surface area contributed by atoms with Crippen LogP contribution in [0.3, 0.4) is 0 Å². The van der Waals surface area contributed by atoms with Crippen molar-refractivity contribution in [1.29, 1.82) is 0 Å². The van der Waals surface area contributed by atoms with E-state index in [2.05, 4.69) is 31.4 Å². The summed E-state index contributed by atoms with van der Waals surface area (Å²) in [5.41, 5.74) is 2.45. The van der Waals surface area contributed by atoms with Crippen molar-refractivity contribution in [3.63, 3.8) is 0 Å². The summed E-state index contributed by atoms with van der Waals surface area (Å²) >= 11 is 0. The quantitative estimate of drug-likeness (QED) is 0.892. The van der Waals surface area contributed by atoms with Crippen molar-refractivity contribution < 1.29 is 4.79 Å². The molecule has 116 valence electrons. The lowest BCUT2D eigenvalue weighted by atomic mass is 9.70. The zero-order chi connectivity index (χ0) is 15.5. The summed E-state index contributed by atoms with van der Waals surface area (Å²) in [5.74, 6) is 0.691. The van der Waals surface area contributed by atoms with Crippen molar-refractivity contribution in [3.05, 3.63) is 35.4 Å². The third kappa shape index (κ3) is 4.31. The summed E-state index contributed by atoms with van der Waals surface area (Å²) < 4.78 is 0. The van der Waals surface area contributed by atoms with Crippen LogP contribution >= 0.6 is 0 Å². The highest BCUT2D eigenvalue weighted by atomic mass is 16.1. The summed E-state index contributed by atoms with van der Waals surface area (Å²) in [6, 6.07) is 8.47. The minimum atomic E-state index is -0.0300. The van der Waals surface area contributed by atoms with Gasteiger partial charge in [-0.3, -0.25) is 4.79 Å². The van der Waals surface area contributed by atoms with Gasteiger partial charge in [0.2, 0.25) is 0 Å². The van der Waals surface area contributed by atoms with Crippen molar-refractivity contribution in [2.75, 3.05) is 7.05 Å². The second-order valence-corrected chi connectivity index (χ2v) is 7.15. The molecule has 0 heterocycles. The van der Waals surface area contributed by atoms with Crippen LogP contribution in [0.1, 0.15) is 56.0 Å². The first-order valence-electron chi connectivity index (χ1n) is 7.96. The van der Waals surface area contributed by atoms with E-state index in [1.54, 1.807) is 7.05 Å². The van der Waals surface area contributed by atoms with Gasteiger partial charge in [0.15, 0.2) is 0 Å². The van der Waals surface area contributed by atoms with Gasteiger partial charge in [0.05, 0.1) is 0 Å². The molecule has 2 atom stereocenters. The number of hydrogen-bond acceptors (Lipinski definition) is 2. The molecule has 2 unspecified atom stereocenters. The molecule has 0 aromatic heterocycles. The lowest BCUT2D eigenvalue weighted by molar-refractivity contribution is 0.0963. The molecular formula is C18H28N2O. The summed E-state index contributed by atoms with van der Waals surface area (Å²) in [5, 5.41) is 6.33. The summed E-state index contributed by atoms with van der Waals surface area (Å²) in [6.07, 6.45) is 3.84. The molecule has 0 aliphatic heterocycles. The Bertz CT molecular complexity index is 478. The maximum atomic E-state index is 11.5. The second kappa shape index (κ2) is 6.61. The van der Waals surface area contributed by atoms with E-state index in [4.69, 9.17) is 0 Å². The largest absolute Gasteiger partial charge is 0.355 e. The van der Waals surface area contributed by atoms with Gasteiger partial charge in [0, 0.05) is 25.2 Å². The number of carbonyl (C=O) groups is 1. The average Bonchev–Trinajstić information content (AvgIpc) is 2.45. The van der Waals surface area contributed by atoms with E-state index in [9.17, 15) is 4.79 Å². The smallest absolute Gasteiger partial charge is 0.251 e. The van der Waals surface area contributed by atoms with Gasteiger partial charge in [-0.1, -0.05) is 32.9 Å². The SMILES string of the molecule is CNC(=O)c1ccc(CNC2CCC(C)(C)CC2C)cc1. The molecule has 0 saturated heterocycles. The normalized spacial score (nSPS) is 24.6. The molecule has 21 heavy (non-hydrogen) atoms. The Labute approximate surface area is 128 Å². The molecule has 1 saturated carbocycles. The highest BCUT2D eigenvalue weighted by Crippen LogP contribution is 2.38. The van der Waals surface area contributed by atoms with E-state index < -0.39 is 0 Å². The number of nitrogens with one attached hydrogen (secondary N) is 2. The van der Waals surface area contributed by atoms with Gasteiger partial charge in [-0.2, -0.15) is 0 Å². The maximum Gasteiger partial charge on any atom is 0.251 e. The molecule has 1 aromatic rings. The predicted octanol–water partition coefficient (Wildman–Crippen LogP) is 3.35. The van der Waals surface area contributed by atoms with Gasteiger partial charge in [0.25, 0.3) is 5.91 Å². The Morgan fingerprint density at radius 3 is 2.52 bits per heavy atom. The van der Waals surface area contributed by atoms with Gasteiger partial charge >= 0.3 is 0 Å². The van der Waals surface area contributed by atoms with Crippen LogP contribution in [0.4, 0.5) is 0 Å². The molecule has 0 spiro atoms. The van der Waals surface area contributed by atoms with E-state index in [-0.39, 0.29) is 5.91 Å². The van der Waals surface area contributed by atoms with Gasteiger partial charge < -0.3 is 10.6 Å². The Morgan fingerprint density at radius 2 is 1.95 bits per heavy atom. The van der Waals surface area contributed by atoms with Gasteiger partial charge in [-0.25, -0.2) is 0 Å². The number of benzene rings is 1. The van der Waals surface area contributed by atoms with E-state index in [0.29, 0.717) is 17.0 Å². The first-order chi connectivity index (χ1) is 9.91. The molecule has 0 bridgehead atoms. The Morgan fingerprint density at radius 1 is 1.29 bits per heavy atom. The highest BCUT2D eigenvalue weighted by Gasteiger charge is 2.31. The Balaban J connectivity index is 1.87. The molecule has 1 fully saturated rings. The number of amides is 1. The molecule has 2 N–H and O–H groups in total. The highest BCUT2D eigenvalue weighted by molar-refractivity contribution is 5.93. The molecule has 1 aliphatic rings. The monoisotopic (exact) mass is 288 g/mol. The Hall–Kier alpha value is -1.35. The molecule has 1 aliphatic carbocycles. The van der Waals surface area contributed by atoms with Crippen LogP contribution in [-0.4, -0.2) is 19.0 Å². The summed E-state index contributed by atoms with van der Waals surface area (Å²) in [7, 11) is 1.66. The number of rotatable bonds is 4. The van der Waals surface area contributed by atoms with Crippen LogP contribution in [0.15, 0.2) is 24.3 Å². The minimum absolute atomic E-state index is 0.0300. The number of hydrogen-bond donors (Lipinski definition) is 2. The van der Waals surface area contributed by atoms with E-state index in [1.165, 1.54) is 24.8 Å². The predicted molar refractivity (Wildman–Crippen MR) is 87.3 cm³/mol. The fourth-order valence-corrected chi connectivity index (χ4v) is 3.42. The van der Waals surface area contributed by atoms with Crippen molar-refractivity contribution in [2.24, 2.45) is 11.3 Å². The maximum absolute atomic E-state index is 11.5. The first-order valence-corrected chi connectivity index (χ1v) is 7.96. The lowest BCUT2D eigenvalue weighted by Crippen LogP contribution is -2.41. The van der Waals surface area contributed by atoms with Crippen LogP contribution in [0.5, 0.6) is 0 Å². The van der Waals surface area contributed by atoms with Gasteiger partial charge in [-0.05, 0) is 48.3 Å². The summed E-state index contributed by atoms with van der Waals surface area (Å²) in [4.78, 5) is 11.5. The standard InChI is InChI=1S/C18H28N2O/c1-13-11-18(2,3)10-9-16(13)20-12-14-5-7-15(8-6-14)17(21)19-4/h5-8,13,16,20H,9-12H2,1-4H3,(H,19,21). The average molecular weight is 288 g/mol. The molecule has 0 radical (unpaired) electrons. The molecule has 2 rings (SSSR count). The van der Waals surface area contributed by atoms with Crippen LogP contribution in [0.25, 0.3) is 0 Å². The molecule has 1 amide bonds. The third-order valence-corrected chi connectivity index (χ3v) is 4.71. The summed E-state index contributed by atoms with van der Waals surface area (Å²) in [6.45, 7) is 7.98. The first kappa shape index (κ1) is 16.0. The van der Waals surface area contributed by atoms with Crippen LogP contribution in [0.2, 0.25) is 0 Å². The van der Waals surface area contributed by atoms with Crippen LogP contribution in [-0.2, 0) is 6.54 Å². The lowest BCUT2D eigenvalue weighted by Gasteiger charge is -2.39. The van der Waals surface area contributed by atoms with Crippen molar-refractivity contribution in [2.45, 2.75) is 52.6 Å². The van der Waals surface area contributed by atoms with Gasteiger partial charge in [0.1, 0.15) is 0 Å². The molecular weight excluding hydrogens is 260 g/mol. The van der Waals surface area contributed by atoms with Crippen molar-refractivity contribution in [3.8, 4) is 0 Å². The van der Waals surface area contributed by atoms with Gasteiger partial charge in [-0.15, -0.1) is 0 Å². The fraction of sp³-hybridized carbons (Fsp3) is 0.611.